The van der Waals surface area contributed by atoms with Crippen LogP contribution >= 0.6 is 17.0 Å². The highest BCUT2D eigenvalue weighted by Gasteiger charge is 2.09. The quantitative estimate of drug-likeness (QED) is 0.769. The van der Waals surface area contributed by atoms with Gasteiger partial charge in [-0.05, 0) is 18.6 Å². The van der Waals surface area contributed by atoms with Crippen LogP contribution in [-0.2, 0) is 0 Å². The third kappa shape index (κ3) is 2.20. The number of aromatic nitrogens is 1. The summed E-state index contributed by atoms with van der Waals surface area (Å²) in [5.74, 6) is -1.51. The number of carboxylic acids is 1. The first-order chi connectivity index (χ1) is 5.11. The predicted molar refractivity (Wildman–Crippen MR) is 47.9 cm³/mol. The van der Waals surface area contributed by atoms with Gasteiger partial charge in [-0.2, -0.15) is 0 Å². The molecule has 0 aromatic carbocycles. The summed E-state index contributed by atoms with van der Waals surface area (Å²) in [5, 5.41) is 17.5. The van der Waals surface area contributed by atoms with Gasteiger partial charge >= 0.3 is 5.97 Å². The smallest absolute Gasteiger partial charge is 0.358 e. The number of rotatable bonds is 1. The minimum absolute atomic E-state index is 0. The van der Waals surface area contributed by atoms with Crippen molar-refractivity contribution in [1.82, 2.24) is 4.98 Å². The Hall–Kier alpha value is -1.10. The summed E-state index contributed by atoms with van der Waals surface area (Å²) in [6, 6.07) is 1.36. The Labute approximate surface area is 79.6 Å². The van der Waals surface area contributed by atoms with E-state index in [1.807, 2.05) is 0 Å². The Bertz CT molecular complexity index is 301. The molecule has 12 heavy (non-hydrogen) atoms. The first-order valence-corrected chi connectivity index (χ1v) is 3.00. The van der Waals surface area contributed by atoms with E-state index in [9.17, 15) is 4.79 Å². The normalized spacial score (nSPS) is 8.75. The zero-order chi connectivity index (χ0) is 8.43. The van der Waals surface area contributed by atoms with Crippen molar-refractivity contribution in [3.63, 3.8) is 0 Å². The van der Waals surface area contributed by atoms with Crippen LogP contribution < -0.4 is 0 Å². The van der Waals surface area contributed by atoms with Crippen LogP contribution in [0.1, 0.15) is 16.1 Å². The molecule has 0 spiro atoms. The molecule has 0 unspecified atom stereocenters. The van der Waals surface area contributed by atoms with Crippen molar-refractivity contribution in [2.45, 2.75) is 6.92 Å². The topological polar surface area (TPSA) is 70.4 Å². The monoisotopic (exact) mass is 233 g/mol. The van der Waals surface area contributed by atoms with Crippen LogP contribution in [0.25, 0.3) is 0 Å². The molecule has 1 aromatic rings. The highest BCUT2D eigenvalue weighted by Crippen LogP contribution is 2.14. The molecule has 1 rings (SSSR count). The molecule has 0 aliphatic heterocycles. The van der Waals surface area contributed by atoms with Crippen molar-refractivity contribution in [3.05, 3.63) is 23.5 Å². The van der Waals surface area contributed by atoms with Gasteiger partial charge in [-0.25, -0.2) is 9.78 Å². The van der Waals surface area contributed by atoms with E-state index in [4.69, 9.17) is 10.2 Å². The number of aryl methyl sites for hydroxylation is 1. The third-order valence-electron chi connectivity index (χ3n) is 1.21. The molecule has 5 heteroatoms. The van der Waals surface area contributed by atoms with Crippen molar-refractivity contribution in [1.29, 1.82) is 0 Å². The Morgan fingerprint density at radius 2 is 2.17 bits per heavy atom. The van der Waals surface area contributed by atoms with Gasteiger partial charge in [0.15, 0.2) is 5.69 Å². The van der Waals surface area contributed by atoms with Crippen molar-refractivity contribution in [2.24, 2.45) is 0 Å². The summed E-state index contributed by atoms with van der Waals surface area (Å²) >= 11 is 0. The lowest BCUT2D eigenvalue weighted by atomic mass is 10.2. The van der Waals surface area contributed by atoms with E-state index in [0.29, 0.717) is 0 Å². The van der Waals surface area contributed by atoms with Crippen LogP contribution in [0.3, 0.4) is 0 Å². The van der Waals surface area contributed by atoms with E-state index >= 15 is 0 Å². The molecule has 0 fully saturated rings. The van der Waals surface area contributed by atoms with Crippen LogP contribution in [0.4, 0.5) is 0 Å². The minimum Gasteiger partial charge on any atom is -0.505 e. The van der Waals surface area contributed by atoms with Crippen molar-refractivity contribution >= 4 is 23.0 Å². The molecule has 0 amide bonds. The molecule has 0 radical (unpaired) electrons. The fourth-order valence-corrected chi connectivity index (χ4v) is 0.719. The molecule has 1 heterocycles. The lowest BCUT2D eigenvalue weighted by Crippen LogP contribution is -2.00. The fourth-order valence-electron chi connectivity index (χ4n) is 0.719. The second-order valence-electron chi connectivity index (χ2n) is 2.19. The maximum absolute atomic E-state index is 10.3. The van der Waals surface area contributed by atoms with Gasteiger partial charge in [0, 0.05) is 6.20 Å². The third-order valence-corrected chi connectivity index (χ3v) is 1.21. The van der Waals surface area contributed by atoms with Gasteiger partial charge < -0.3 is 10.2 Å². The lowest BCUT2D eigenvalue weighted by molar-refractivity contribution is 0.0687. The van der Waals surface area contributed by atoms with Crippen LogP contribution in [-0.4, -0.2) is 21.2 Å². The average molecular weight is 234 g/mol. The minimum atomic E-state index is -1.22. The summed E-state index contributed by atoms with van der Waals surface area (Å²) in [4.78, 5) is 13.8. The van der Waals surface area contributed by atoms with E-state index < -0.39 is 5.97 Å². The van der Waals surface area contributed by atoms with Gasteiger partial charge in [0.25, 0.3) is 0 Å². The van der Waals surface area contributed by atoms with E-state index in [-0.39, 0.29) is 28.4 Å². The summed E-state index contributed by atoms with van der Waals surface area (Å²) in [6.07, 6.45) is 1.39. The van der Waals surface area contributed by atoms with Crippen LogP contribution in [0, 0.1) is 6.92 Å². The molecule has 66 valence electrons. The van der Waals surface area contributed by atoms with E-state index in [1.54, 1.807) is 6.92 Å². The van der Waals surface area contributed by atoms with Crippen LogP contribution in [0.2, 0.25) is 0 Å². The lowest BCUT2D eigenvalue weighted by Gasteiger charge is -1.97. The molecule has 1 aromatic heterocycles. The van der Waals surface area contributed by atoms with Crippen molar-refractivity contribution in [3.8, 4) is 5.75 Å². The first-order valence-electron chi connectivity index (χ1n) is 3.00. The molecule has 0 bridgehead atoms. The van der Waals surface area contributed by atoms with Gasteiger partial charge in [0.2, 0.25) is 0 Å². The SMILES string of the molecule is Br.Cc1cnc(C(=O)O)c(O)c1. The van der Waals surface area contributed by atoms with Gasteiger partial charge in [0.05, 0.1) is 0 Å². The summed E-state index contributed by atoms with van der Waals surface area (Å²) < 4.78 is 0. The van der Waals surface area contributed by atoms with Crippen LogP contribution in [0.5, 0.6) is 5.75 Å². The maximum atomic E-state index is 10.3. The zero-order valence-corrected chi connectivity index (χ0v) is 8.03. The van der Waals surface area contributed by atoms with Gasteiger partial charge in [0.1, 0.15) is 5.75 Å². The number of carboxylic acid groups (broad SMARTS) is 1. The molecule has 0 saturated carbocycles. The molecule has 2 N–H and O–H groups in total. The first kappa shape index (κ1) is 10.9. The van der Waals surface area contributed by atoms with Crippen LogP contribution in [0.15, 0.2) is 12.3 Å². The maximum Gasteiger partial charge on any atom is 0.358 e. The number of halogens is 1. The molecule has 0 atom stereocenters. The Balaban J connectivity index is 0.00000121. The Kier molecular flexibility index (Phi) is 3.69. The molecule has 0 aliphatic carbocycles. The standard InChI is InChI=1S/C7H7NO3.BrH/c1-4-2-5(9)6(7(10)11)8-3-4;/h2-3,9H,1H3,(H,10,11);1H. The number of aromatic hydroxyl groups is 1. The molecule has 4 nitrogen and oxygen atoms in total. The second kappa shape index (κ2) is 4.06. The Morgan fingerprint density at radius 1 is 1.58 bits per heavy atom. The van der Waals surface area contributed by atoms with E-state index in [1.165, 1.54) is 12.3 Å². The van der Waals surface area contributed by atoms with Gasteiger partial charge in [-0.1, -0.05) is 0 Å². The number of carbonyl (C=O) groups is 1. The summed E-state index contributed by atoms with van der Waals surface area (Å²) in [5.41, 5.74) is 0.420. The predicted octanol–water partition coefficient (Wildman–Crippen LogP) is 1.37. The zero-order valence-electron chi connectivity index (χ0n) is 6.31. The second-order valence-corrected chi connectivity index (χ2v) is 2.19. The van der Waals surface area contributed by atoms with E-state index in [2.05, 4.69) is 4.98 Å². The highest BCUT2D eigenvalue weighted by atomic mass is 79.9. The molecular formula is C7H8BrNO3. The number of pyridine rings is 1. The number of nitrogens with zero attached hydrogens (tertiary/aromatic N) is 1. The van der Waals surface area contributed by atoms with Crippen molar-refractivity contribution in [2.75, 3.05) is 0 Å². The largest absolute Gasteiger partial charge is 0.505 e. The number of aromatic carboxylic acids is 1. The van der Waals surface area contributed by atoms with Gasteiger partial charge in [-0.3, -0.25) is 0 Å². The summed E-state index contributed by atoms with van der Waals surface area (Å²) in [7, 11) is 0. The summed E-state index contributed by atoms with van der Waals surface area (Å²) in [6.45, 7) is 1.72. The Morgan fingerprint density at radius 3 is 2.58 bits per heavy atom. The number of hydrogen-bond acceptors (Lipinski definition) is 3. The highest BCUT2D eigenvalue weighted by molar-refractivity contribution is 8.93. The average Bonchev–Trinajstić information content (AvgIpc) is 1.85. The molecule has 0 aliphatic rings. The number of hydrogen-bond donors (Lipinski definition) is 2. The van der Waals surface area contributed by atoms with E-state index in [0.717, 1.165) is 5.56 Å². The van der Waals surface area contributed by atoms with Crippen molar-refractivity contribution < 1.29 is 15.0 Å². The fraction of sp³-hybridized carbons (Fsp3) is 0.143. The molecular weight excluding hydrogens is 226 g/mol. The van der Waals surface area contributed by atoms with Gasteiger partial charge in [-0.15, -0.1) is 17.0 Å². The molecule has 0 saturated heterocycles.